The molecule has 0 bridgehead atoms. The number of nitrogens with zero attached hydrogens (tertiary/aromatic N) is 1. The number of carbonyl (C=O) groups is 1. The van der Waals surface area contributed by atoms with E-state index in [-0.39, 0.29) is 24.2 Å². The molecule has 1 aromatic carbocycles. The molecule has 1 saturated heterocycles. The maximum absolute atomic E-state index is 12.6. The minimum absolute atomic E-state index is 0.0635. The second-order valence-corrected chi connectivity index (χ2v) is 7.11. The lowest BCUT2D eigenvalue weighted by Crippen LogP contribution is -2.51. The summed E-state index contributed by atoms with van der Waals surface area (Å²) in [6.45, 7) is 2.33. The summed E-state index contributed by atoms with van der Waals surface area (Å²) in [6, 6.07) is 4.91. The van der Waals surface area contributed by atoms with Crippen molar-refractivity contribution in [2.75, 3.05) is 6.54 Å². The van der Waals surface area contributed by atoms with Crippen molar-refractivity contribution >= 4 is 21.8 Å². The van der Waals surface area contributed by atoms with E-state index in [1.807, 2.05) is 0 Å². The Balaban J connectivity index is 2.04. The van der Waals surface area contributed by atoms with Gasteiger partial charge in [0.05, 0.1) is 6.04 Å². The third kappa shape index (κ3) is 5.14. The minimum Gasteiger partial charge on any atom is -0.434 e. The zero-order chi connectivity index (χ0) is 17.7. The summed E-state index contributed by atoms with van der Waals surface area (Å²) in [5, 5.41) is 2.87. The molecule has 1 N–H and O–H groups in total. The van der Waals surface area contributed by atoms with E-state index in [4.69, 9.17) is 0 Å². The zero-order valence-electron chi connectivity index (χ0n) is 13.9. The van der Waals surface area contributed by atoms with E-state index in [0.717, 1.165) is 30.3 Å². The van der Waals surface area contributed by atoms with E-state index in [1.165, 1.54) is 6.07 Å². The molecule has 0 aromatic heterocycles. The van der Waals surface area contributed by atoms with Gasteiger partial charge in [-0.15, -0.1) is 0 Å². The van der Waals surface area contributed by atoms with Crippen LogP contribution in [0.3, 0.4) is 0 Å². The fourth-order valence-electron chi connectivity index (χ4n) is 3.05. The van der Waals surface area contributed by atoms with Crippen LogP contribution < -0.4 is 10.1 Å². The van der Waals surface area contributed by atoms with E-state index in [1.54, 1.807) is 12.1 Å². The predicted octanol–water partition coefficient (Wildman–Crippen LogP) is 3.93. The molecule has 1 unspecified atom stereocenters. The lowest BCUT2D eigenvalue weighted by atomic mass is 9.99. The van der Waals surface area contributed by atoms with Crippen LogP contribution in [0.1, 0.15) is 38.7 Å². The van der Waals surface area contributed by atoms with E-state index in [0.29, 0.717) is 11.6 Å². The molecule has 1 aliphatic heterocycles. The van der Waals surface area contributed by atoms with Gasteiger partial charge >= 0.3 is 6.61 Å². The van der Waals surface area contributed by atoms with Gasteiger partial charge in [-0.05, 0) is 51.4 Å². The molecule has 0 aliphatic carbocycles. The van der Waals surface area contributed by atoms with Crippen LogP contribution >= 0.6 is 15.9 Å². The van der Waals surface area contributed by atoms with Crippen LogP contribution in [0, 0.1) is 0 Å². The second-order valence-electron chi connectivity index (χ2n) is 6.19. The first-order valence-electron chi connectivity index (χ1n) is 8.15. The Hall–Kier alpha value is -1.21. The van der Waals surface area contributed by atoms with E-state index >= 15 is 0 Å². The van der Waals surface area contributed by atoms with Crippen molar-refractivity contribution in [2.45, 2.75) is 58.3 Å². The van der Waals surface area contributed by atoms with Crippen molar-refractivity contribution in [3.05, 3.63) is 28.2 Å². The van der Waals surface area contributed by atoms with Crippen LogP contribution in [-0.2, 0) is 11.3 Å². The third-order valence-electron chi connectivity index (χ3n) is 4.20. The summed E-state index contributed by atoms with van der Waals surface area (Å²) in [7, 11) is 0. The number of hydrogen-bond acceptors (Lipinski definition) is 3. The highest BCUT2D eigenvalue weighted by molar-refractivity contribution is 9.10. The molecule has 0 saturated carbocycles. The molecule has 0 radical (unpaired) electrons. The van der Waals surface area contributed by atoms with Crippen molar-refractivity contribution in [1.29, 1.82) is 0 Å². The Morgan fingerprint density at radius 1 is 1.42 bits per heavy atom. The maximum atomic E-state index is 12.6. The number of rotatable bonds is 6. The summed E-state index contributed by atoms with van der Waals surface area (Å²) in [4.78, 5) is 14.7. The number of likely N-dealkylation sites (tertiary alicyclic amines) is 1. The number of ether oxygens (including phenoxy) is 1. The third-order valence-corrected chi connectivity index (χ3v) is 4.70. The van der Waals surface area contributed by atoms with Gasteiger partial charge in [0.1, 0.15) is 5.75 Å². The smallest absolute Gasteiger partial charge is 0.387 e. The first kappa shape index (κ1) is 19.1. The molecule has 7 heteroatoms. The molecule has 1 aromatic rings. The van der Waals surface area contributed by atoms with Crippen LogP contribution in [0.5, 0.6) is 5.75 Å². The fourth-order valence-corrected chi connectivity index (χ4v) is 3.46. The van der Waals surface area contributed by atoms with Gasteiger partial charge < -0.3 is 10.1 Å². The Morgan fingerprint density at radius 3 is 2.83 bits per heavy atom. The van der Waals surface area contributed by atoms with Gasteiger partial charge in [-0.2, -0.15) is 8.78 Å². The Bertz CT molecular complexity index is 570. The Kier molecular flexibility index (Phi) is 6.98. The molecule has 134 valence electrons. The molecule has 1 aliphatic rings. The van der Waals surface area contributed by atoms with Gasteiger partial charge in [-0.3, -0.25) is 9.69 Å². The van der Waals surface area contributed by atoms with E-state index in [9.17, 15) is 13.6 Å². The van der Waals surface area contributed by atoms with Crippen LogP contribution in [0.2, 0.25) is 0 Å². The fraction of sp³-hybridized carbons (Fsp3) is 0.588. The predicted molar refractivity (Wildman–Crippen MR) is 92.1 cm³/mol. The van der Waals surface area contributed by atoms with Crippen LogP contribution in [-0.4, -0.2) is 36.0 Å². The van der Waals surface area contributed by atoms with Gasteiger partial charge in [0.15, 0.2) is 0 Å². The molecule has 24 heavy (non-hydrogen) atoms. The number of alkyl halides is 2. The average Bonchev–Trinajstić information content (AvgIpc) is 2.54. The highest BCUT2D eigenvalue weighted by atomic mass is 79.9. The molecular weight excluding hydrogens is 382 g/mol. The number of benzene rings is 1. The molecule has 1 amide bonds. The number of hydrogen-bond donors (Lipinski definition) is 1. The Labute approximate surface area is 149 Å². The number of nitrogens with one attached hydrogen (secondary N) is 1. The van der Waals surface area contributed by atoms with Gasteiger partial charge in [0.25, 0.3) is 0 Å². The van der Waals surface area contributed by atoms with Gasteiger partial charge in [0.2, 0.25) is 5.91 Å². The highest BCUT2D eigenvalue weighted by Gasteiger charge is 2.30. The number of carbonyl (C=O) groups excluding carboxylic acids is 1. The van der Waals surface area contributed by atoms with Crippen molar-refractivity contribution < 1.29 is 18.3 Å². The van der Waals surface area contributed by atoms with Gasteiger partial charge in [-0.25, -0.2) is 0 Å². The summed E-state index contributed by atoms with van der Waals surface area (Å²) >= 11 is 3.31. The highest BCUT2D eigenvalue weighted by Crippen LogP contribution is 2.25. The number of halogens is 3. The molecule has 1 heterocycles. The molecule has 2 rings (SSSR count). The normalized spacial score (nSPS) is 18.9. The minimum atomic E-state index is -2.89. The molecular formula is C17H23BrF2N2O2. The molecule has 1 atom stereocenters. The summed E-state index contributed by atoms with van der Waals surface area (Å²) < 4.78 is 30.3. The SMILES string of the molecule is CC(C)N1CCCCC1C(=O)NCc1cc(Br)ccc1OC(F)F. The summed E-state index contributed by atoms with van der Waals surface area (Å²) in [5.74, 6) is 0.0178. The van der Waals surface area contributed by atoms with Crippen LogP contribution in [0.4, 0.5) is 8.78 Å². The average molecular weight is 405 g/mol. The van der Waals surface area contributed by atoms with Crippen molar-refractivity contribution in [3.63, 3.8) is 0 Å². The largest absolute Gasteiger partial charge is 0.434 e. The van der Waals surface area contributed by atoms with Crippen molar-refractivity contribution in [2.24, 2.45) is 0 Å². The standard InChI is InChI=1S/C17H23BrF2N2O2/c1-11(2)22-8-4-3-5-14(22)16(23)21-10-12-9-13(18)6-7-15(12)24-17(19)20/h6-7,9,11,14,17H,3-5,8,10H2,1-2H3,(H,21,23). The summed E-state index contributed by atoms with van der Waals surface area (Å²) in [5.41, 5.74) is 0.518. The van der Waals surface area contributed by atoms with Crippen LogP contribution in [0.25, 0.3) is 0 Å². The van der Waals surface area contributed by atoms with Crippen molar-refractivity contribution in [3.8, 4) is 5.75 Å². The van der Waals surface area contributed by atoms with E-state index < -0.39 is 6.61 Å². The van der Waals surface area contributed by atoms with Gasteiger partial charge in [0, 0.05) is 22.6 Å². The van der Waals surface area contributed by atoms with Crippen molar-refractivity contribution in [1.82, 2.24) is 10.2 Å². The quantitative estimate of drug-likeness (QED) is 0.780. The molecule has 4 nitrogen and oxygen atoms in total. The molecule has 1 fully saturated rings. The molecule has 0 spiro atoms. The second kappa shape index (κ2) is 8.76. The summed E-state index contributed by atoms with van der Waals surface area (Å²) in [6.07, 6.45) is 2.95. The van der Waals surface area contributed by atoms with Crippen LogP contribution in [0.15, 0.2) is 22.7 Å². The monoisotopic (exact) mass is 404 g/mol. The lowest BCUT2D eigenvalue weighted by Gasteiger charge is -2.37. The number of amides is 1. The van der Waals surface area contributed by atoms with Gasteiger partial charge in [-0.1, -0.05) is 22.4 Å². The first-order valence-corrected chi connectivity index (χ1v) is 8.94. The number of piperidine rings is 1. The Morgan fingerprint density at radius 2 is 2.17 bits per heavy atom. The zero-order valence-corrected chi connectivity index (χ0v) is 15.5. The topological polar surface area (TPSA) is 41.6 Å². The lowest BCUT2D eigenvalue weighted by molar-refractivity contribution is -0.128. The maximum Gasteiger partial charge on any atom is 0.387 e. The first-order chi connectivity index (χ1) is 11.4. The van der Waals surface area contributed by atoms with E-state index in [2.05, 4.69) is 44.7 Å².